The Labute approximate surface area is 264 Å². The van der Waals surface area contributed by atoms with E-state index in [1.54, 1.807) is 0 Å². The number of rotatable bonds is 11. The zero-order valence-corrected chi connectivity index (χ0v) is 25.6. The third-order valence-electron chi connectivity index (χ3n) is 6.48. The van der Waals surface area contributed by atoms with Crippen molar-refractivity contribution in [3.05, 3.63) is 21.7 Å². The molecule has 2 aromatic heterocycles. The second-order valence-corrected chi connectivity index (χ2v) is 10.5. The van der Waals surface area contributed by atoms with E-state index in [-0.39, 0.29) is 56.9 Å². The van der Waals surface area contributed by atoms with Gasteiger partial charge in [0.1, 0.15) is 0 Å². The fourth-order valence-electron chi connectivity index (χ4n) is 4.26. The Kier molecular flexibility index (Phi) is 12.9. The predicted octanol–water partition coefficient (Wildman–Crippen LogP) is -1.13. The molecule has 0 saturated carbocycles. The van der Waals surface area contributed by atoms with Crippen LogP contribution in [0.25, 0.3) is 0 Å². The fourth-order valence-corrected chi connectivity index (χ4v) is 4.51. The van der Waals surface area contributed by atoms with Gasteiger partial charge in [0, 0.05) is 26.2 Å². The van der Waals surface area contributed by atoms with Crippen molar-refractivity contribution in [3.63, 3.8) is 0 Å². The maximum atomic E-state index is 12.3. The van der Waals surface area contributed by atoms with Crippen LogP contribution in [0, 0.1) is 0 Å². The minimum Gasteiger partial charge on any atom is -0.382 e. The van der Waals surface area contributed by atoms with Gasteiger partial charge in [-0.05, 0) is 51.9 Å². The second-order valence-electron chi connectivity index (χ2n) is 9.81. The highest BCUT2D eigenvalue weighted by Crippen LogP contribution is 2.18. The van der Waals surface area contributed by atoms with E-state index in [0.717, 1.165) is 65.0 Å². The molecule has 1 aliphatic rings. The molecule has 0 bridgehead atoms. The number of anilines is 4. The highest BCUT2D eigenvalue weighted by Gasteiger charge is 2.18. The lowest BCUT2D eigenvalue weighted by Crippen LogP contribution is -2.38. The van der Waals surface area contributed by atoms with Gasteiger partial charge in [-0.1, -0.05) is 23.2 Å². The molecule has 2 aromatic rings. The second kappa shape index (κ2) is 16.6. The number of guanidine groups is 2. The molecule has 0 aliphatic carbocycles. The van der Waals surface area contributed by atoms with E-state index in [0.29, 0.717) is 13.1 Å². The summed E-state index contributed by atoms with van der Waals surface area (Å²) < 4.78 is 0. The lowest BCUT2D eigenvalue weighted by molar-refractivity contribution is 0.0964. The highest BCUT2D eigenvalue weighted by atomic mass is 35.5. The van der Waals surface area contributed by atoms with Crippen LogP contribution in [-0.4, -0.2) is 106 Å². The molecule has 1 fully saturated rings. The number of aliphatic imine (C=N–C) groups is 2. The van der Waals surface area contributed by atoms with Crippen LogP contribution >= 0.6 is 23.2 Å². The Bertz CT molecular complexity index is 1390. The van der Waals surface area contributed by atoms with Crippen LogP contribution in [0.15, 0.2) is 9.98 Å². The van der Waals surface area contributed by atoms with Crippen LogP contribution < -0.4 is 45.0 Å². The first-order chi connectivity index (χ1) is 20.9. The summed E-state index contributed by atoms with van der Waals surface area (Å²) in [5, 5.41) is 4.60. The van der Waals surface area contributed by atoms with E-state index in [4.69, 9.17) is 57.6 Å². The number of nitrogens with one attached hydrogen (secondary N) is 2. The molecular formula is C24H38Cl2N16O2. The van der Waals surface area contributed by atoms with E-state index in [1.807, 2.05) is 0 Å². The molecule has 20 heteroatoms. The zero-order valence-electron chi connectivity index (χ0n) is 24.1. The Morgan fingerprint density at radius 2 is 1.09 bits per heavy atom. The summed E-state index contributed by atoms with van der Waals surface area (Å²) in [5.74, 6) is -1.89. The maximum absolute atomic E-state index is 12.3. The van der Waals surface area contributed by atoms with Crippen molar-refractivity contribution in [2.75, 3.05) is 75.3 Å². The van der Waals surface area contributed by atoms with Gasteiger partial charge in [-0.15, -0.1) is 0 Å². The van der Waals surface area contributed by atoms with Gasteiger partial charge in [-0.2, -0.15) is 0 Å². The summed E-state index contributed by atoms with van der Waals surface area (Å²) in [5.41, 5.74) is 33.7. The van der Waals surface area contributed by atoms with E-state index < -0.39 is 11.8 Å². The first-order valence-corrected chi connectivity index (χ1v) is 14.5. The molecule has 0 aromatic carbocycles. The van der Waals surface area contributed by atoms with E-state index in [9.17, 15) is 9.59 Å². The van der Waals surface area contributed by atoms with Crippen LogP contribution in [0.4, 0.5) is 23.3 Å². The summed E-state index contributed by atoms with van der Waals surface area (Å²) in [6.07, 6.45) is 3.54. The Hall–Kier alpha value is -4.26. The summed E-state index contributed by atoms with van der Waals surface area (Å²) in [6, 6.07) is 0. The maximum Gasteiger partial charge on any atom is 0.280 e. The van der Waals surface area contributed by atoms with Gasteiger partial charge in [0.25, 0.3) is 11.8 Å². The largest absolute Gasteiger partial charge is 0.382 e. The number of carbonyl (C=O) groups is 2. The fraction of sp³-hybridized carbons (Fsp3) is 0.500. The van der Waals surface area contributed by atoms with Crippen molar-refractivity contribution < 1.29 is 9.59 Å². The molecule has 0 unspecified atom stereocenters. The minimum absolute atomic E-state index is 0.0474. The average molecular weight is 654 g/mol. The summed E-state index contributed by atoms with van der Waals surface area (Å²) in [4.78, 5) is 53.1. The van der Waals surface area contributed by atoms with Crippen molar-refractivity contribution in [1.29, 1.82) is 0 Å². The van der Waals surface area contributed by atoms with Crippen LogP contribution in [0.3, 0.4) is 0 Å². The number of hydrogen-bond acceptors (Lipinski definition) is 14. The Morgan fingerprint density at radius 1 is 0.659 bits per heavy atom. The van der Waals surface area contributed by atoms with Crippen LogP contribution in [0.1, 0.15) is 46.7 Å². The lowest BCUT2D eigenvalue weighted by Gasteiger charge is -2.21. The minimum atomic E-state index is -0.672. The normalized spacial score (nSPS) is 15.1. The van der Waals surface area contributed by atoms with Crippen LogP contribution in [0.2, 0.25) is 10.3 Å². The SMILES string of the molecule is NC(=NCCCCN1CCCN(CCCN=C(N)NC(=O)c2nc(Cl)c(N)nc2N)CC1)NC(=O)c1nc(Cl)c(N)nc1N. The number of aromatic nitrogens is 4. The zero-order chi connectivity index (χ0) is 32.2. The molecule has 0 atom stereocenters. The molecule has 3 rings (SSSR count). The topological polar surface area (TPSA) is 297 Å². The molecule has 18 nitrogen and oxygen atoms in total. The monoisotopic (exact) mass is 652 g/mol. The quantitative estimate of drug-likeness (QED) is 0.0809. The van der Waals surface area contributed by atoms with Crippen molar-refractivity contribution in [3.8, 4) is 0 Å². The number of hydrogen-bond donors (Lipinski definition) is 8. The smallest absolute Gasteiger partial charge is 0.280 e. The van der Waals surface area contributed by atoms with Gasteiger partial charge < -0.3 is 44.2 Å². The number of nitrogen functional groups attached to an aromatic ring is 4. The number of nitrogens with zero attached hydrogens (tertiary/aromatic N) is 8. The Morgan fingerprint density at radius 3 is 1.57 bits per heavy atom. The third kappa shape index (κ3) is 10.5. The van der Waals surface area contributed by atoms with Crippen molar-refractivity contribution in [1.82, 2.24) is 40.4 Å². The van der Waals surface area contributed by atoms with Crippen molar-refractivity contribution in [2.45, 2.75) is 25.7 Å². The molecule has 14 N–H and O–H groups in total. The average Bonchev–Trinajstić information content (AvgIpc) is 3.19. The Balaban J connectivity index is 1.30. The van der Waals surface area contributed by atoms with Gasteiger partial charge in [0.2, 0.25) is 0 Å². The number of nitrogens with two attached hydrogens (primary N) is 6. The molecule has 1 saturated heterocycles. The summed E-state index contributed by atoms with van der Waals surface area (Å²) in [7, 11) is 0. The van der Waals surface area contributed by atoms with Crippen LogP contribution in [0.5, 0.6) is 0 Å². The van der Waals surface area contributed by atoms with Crippen molar-refractivity contribution in [2.24, 2.45) is 21.5 Å². The standard InChI is InChI=1S/C24H38Cl2N16O2/c25-15-19(29)37-17(27)13(35-15)21(43)39-23(31)33-5-1-2-7-41-9-4-10-42(12-11-41)8-3-6-34-24(32)40-22(44)14-18(28)38-20(30)16(26)36-14/h1-12H2,(H4,27,29,37)(H4,28,30,38)(H3,31,33,39,43)(H3,32,34,40,44). The number of amides is 2. The number of carbonyl (C=O) groups excluding carboxylic acids is 2. The van der Waals surface area contributed by atoms with E-state index >= 15 is 0 Å². The first-order valence-electron chi connectivity index (χ1n) is 13.8. The first kappa shape index (κ1) is 34.2. The molecule has 44 heavy (non-hydrogen) atoms. The van der Waals surface area contributed by atoms with Gasteiger partial charge in [-0.25, -0.2) is 19.9 Å². The van der Waals surface area contributed by atoms with E-state index in [2.05, 4.69) is 50.4 Å². The molecule has 0 radical (unpaired) electrons. The van der Waals surface area contributed by atoms with Crippen LogP contribution in [-0.2, 0) is 0 Å². The third-order valence-corrected chi connectivity index (χ3v) is 7.04. The molecule has 2 amide bonds. The molecule has 0 spiro atoms. The van der Waals surface area contributed by atoms with Gasteiger partial charge in [0.15, 0.2) is 56.9 Å². The molecule has 1 aliphatic heterocycles. The molecular weight excluding hydrogens is 615 g/mol. The number of halogens is 2. The van der Waals surface area contributed by atoms with E-state index in [1.165, 1.54) is 0 Å². The van der Waals surface area contributed by atoms with Gasteiger partial charge in [0.05, 0.1) is 0 Å². The van der Waals surface area contributed by atoms with Crippen molar-refractivity contribution >= 4 is 70.2 Å². The summed E-state index contributed by atoms with van der Waals surface area (Å²) >= 11 is 11.6. The lowest BCUT2D eigenvalue weighted by atomic mass is 10.3. The predicted molar refractivity (Wildman–Crippen MR) is 171 cm³/mol. The van der Waals surface area contributed by atoms with Gasteiger partial charge in [-0.3, -0.25) is 30.2 Å². The van der Waals surface area contributed by atoms with Gasteiger partial charge >= 0.3 is 0 Å². The molecule has 3 heterocycles. The summed E-state index contributed by atoms with van der Waals surface area (Å²) in [6.45, 7) is 6.54. The number of unbranched alkanes of at least 4 members (excludes halogenated alkanes) is 1. The highest BCUT2D eigenvalue weighted by molar-refractivity contribution is 6.32. The molecule has 240 valence electrons.